The van der Waals surface area contributed by atoms with E-state index in [0.717, 1.165) is 0 Å². The molecule has 0 heterocycles. The van der Waals surface area contributed by atoms with Crippen LogP contribution in [0.15, 0.2) is 30.3 Å². The van der Waals surface area contributed by atoms with Crippen molar-refractivity contribution >= 4 is 17.9 Å². The Morgan fingerprint density at radius 3 is 2.40 bits per heavy atom. The van der Waals surface area contributed by atoms with Crippen LogP contribution in [0.2, 0.25) is 0 Å². The van der Waals surface area contributed by atoms with E-state index >= 15 is 0 Å². The summed E-state index contributed by atoms with van der Waals surface area (Å²) < 4.78 is 4.68. The summed E-state index contributed by atoms with van der Waals surface area (Å²) in [7, 11) is 1.45. The highest BCUT2D eigenvalue weighted by Crippen LogP contribution is 2.05. The van der Waals surface area contributed by atoms with Crippen molar-refractivity contribution in [3.8, 4) is 0 Å². The number of carbonyl (C=O) groups excluding carboxylic acids is 2. The molecule has 0 saturated carbocycles. The molecule has 1 aromatic carbocycles. The first kappa shape index (κ1) is 15.8. The maximum absolute atomic E-state index is 11.8. The second kappa shape index (κ2) is 7.37. The van der Waals surface area contributed by atoms with Crippen LogP contribution >= 0.6 is 0 Å². The van der Waals surface area contributed by atoms with Crippen LogP contribution in [0.1, 0.15) is 16.8 Å². The number of likely N-dealkylation sites (N-methyl/N-ethyl adjacent to an activating group) is 1. The first-order valence-corrected chi connectivity index (χ1v) is 5.92. The monoisotopic (exact) mass is 280 g/mol. The Morgan fingerprint density at radius 2 is 1.90 bits per heavy atom. The summed E-state index contributed by atoms with van der Waals surface area (Å²) in [4.78, 5) is 34.1. The molecule has 7 heteroatoms. The molecule has 0 saturated heterocycles. The average Bonchev–Trinajstić information content (AvgIpc) is 2.44. The minimum atomic E-state index is -1.23. The molecule has 4 N–H and O–H groups in total. The quantitative estimate of drug-likeness (QED) is 0.486. The molecule has 0 spiro atoms. The van der Waals surface area contributed by atoms with Crippen LogP contribution in [0.4, 0.5) is 0 Å². The summed E-state index contributed by atoms with van der Waals surface area (Å²) in [5, 5.41) is 11.3. The molecule has 1 unspecified atom stereocenters. The standard InChI is InChI=1S/C13H16N2O5/c1-15-10(7-9(14)11(16)17)13(19)20-12(18)8-5-3-2-4-6-8/h2-6,9-10,15H,7,14H2,1H3,(H,16,17)/t9-,10?/m0/s1. The van der Waals surface area contributed by atoms with Crippen molar-refractivity contribution in [2.75, 3.05) is 7.05 Å². The molecule has 0 aliphatic heterocycles. The number of hydrogen-bond donors (Lipinski definition) is 3. The number of aliphatic carboxylic acids is 1. The molecule has 1 aromatic rings. The SMILES string of the molecule is CNC(C[C@H](N)C(=O)O)C(=O)OC(=O)c1ccccc1. The van der Waals surface area contributed by atoms with Crippen molar-refractivity contribution < 1.29 is 24.2 Å². The maximum Gasteiger partial charge on any atom is 0.345 e. The highest BCUT2D eigenvalue weighted by molar-refractivity contribution is 5.98. The van der Waals surface area contributed by atoms with Gasteiger partial charge in [-0.15, -0.1) is 0 Å². The molecule has 2 atom stereocenters. The summed E-state index contributed by atoms with van der Waals surface area (Å²) in [5.41, 5.74) is 5.57. The third-order valence-corrected chi connectivity index (χ3v) is 2.64. The topological polar surface area (TPSA) is 119 Å². The Balaban J connectivity index is 2.64. The fraction of sp³-hybridized carbons (Fsp3) is 0.308. The van der Waals surface area contributed by atoms with Crippen molar-refractivity contribution in [3.05, 3.63) is 35.9 Å². The van der Waals surface area contributed by atoms with Gasteiger partial charge in [-0.25, -0.2) is 9.59 Å². The molecule has 0 aliphatic carbocycles. The van der Waals surface area contributed by atoms with E-state index in [2.05, 4.69) is 10.1 Å². The van der Waals surface area contributed by atoms with Crippen LogP contribution in [0, 0.1) is 0 Å². The zero-order valence-electron chi connectivity index (χ0n) is 10.9. The van der Waals surface area contributed by atoms with Crippen molar-refractivity contribution in [1.29, 1.82) is 0 Å². The minimum Gasteiger partial charge on any atom is -0.480 e. The summed E-state index contributed by atoms with van der Waals surface area (Å²) in [5.74, 6) is -2.88. The number of carboxylic acid groups (broad SMARTS) is 1. The number of esters is 2. The largest absolute Gasteiger partial charge is 0.480 e. The minimum absolute atomic E-state index is 0.174. The Kier molecular flexibility index (Phi) is 5.82. The highest BCUT2D eigenvalue weighted by Gasteiger charge is 2.26. The fourth-order valence-electron chi connectivity index (χ4n) is 1.48. The van der Waals surface area contributed by atoms with Gasteiger partial charge in [-0.2, -0.15) is 0 Å². The number of nitrogens with one attached hydrogen (secondary N) is 1. The number of carbonyl (C=O) groups is 3. The van der Waals surface area contributed by atoms with E-state index in [4.69, 9.17) is 10.8 Å². The number of rotatable bonds is 6. The van der Waals surface area contributed by atoms with Gasteiger partial charge in [0.1, 0.15) is 12.1 Å². The molecule has 1 rings (SSSR count). The van der Waals surface area contributed by atoms with Gasteiger partial charge >= 0.3 is 17.9 Å². The third kappa shape index (κ3) is 4.45. The lowest BCUT2D eigenvalue weighted by Crippen LogP contribution is -2.44. The van der Waals surface area contributed by atoms with Gasteiger partial charge in [0.05, 0.1) is 5.56 Å². The molecule has 0 aromatic heterocycles. The Morgan fingerprint density at radius 1 is 1.30 bits per heavy atom. The Bertz CT molecular complexity index is 489. The van der Waals surface area contributed by atoms with E-state index in [-0.39, 0.29) is 12.0 Å². The van der Waals surface area contributed by atoms with Gasteiger partial charge in [0, 0.05) is 0 Å². The molecule has 7 nitrogen and oxygen atoms in total. The van der Waals surface area contributed by atoms with Gasteiger partial charge in [-0.3, -0.25) is 4.79 Å². The van der Waals surface area contributed by atoms with Crippen LogP contribution < -0.4 is 11.1 Å². The summed E-state index contributed by atoms with van der Waals surface area (Å²) in [6.07, 6.45) is -0.174. The van der Waals surface area contributed by atoms with Crippen molar-refractivity contribution in [2.24, 2.45) is 5.73 Å². The van der Waals surface area contributed by atoms with Crippen LogP contribution in [-0.4, -0.2) is 42.1 Å². The van der Waals surface area contributed by atoms with Gasteiger partial charge in [0.2, 0.25) is 0 Å². The summed E-state index contributed by atoms with van der Waals surface area (Å²) in [6.45, 7) is 0. The molecular formula is C13H16N2O5. The lowest BCUT2D eigenvalue weighted by molar-refractivity contribution is -0.142. The van der Waals surface area contributed by atoms with Gasteiger partial charge in [-0.05, 0) is 25.6 Å². The molecule has 0 radical (unpaired) electrons. The molecule has 108 valence electrons. The van der Waals surface area contributed by atoms with Gasteiger partial charge in [0.25, 0.3) is 0 Å². The first-order valence-electron chi connectivity index (χ1n) is 5.92. The normalized spacial score (nSPS) is 13.3. The number of nitrogens with two attached hydrogens (primary N) is 1. The van der Waals surface area contributed by atoms with E-state index in [9.17, 15) is 14.4 Å². The van der Waals surface area contributed by atoms with E-state index in [1.54, 1.807) is 18.2 Å². The Hall–Kier alpha value is -2.25. The zero-order chi connectivity index (χ0) is 15.1. The van der Waals surface area contributed by atoms with Gasteiger partial charge < -0.3 is 20.9 Å². The lowest BCUT2D eigenvalue weighted by Gasteiger charge is -2.16. The third-order valence-electron chi connectivity index (χ3n) is 2.64. The van der Waals surface area contributed by atoms with Crippen LogP contribution in [-0.2, 0) is 14.3 Å². The molecular weight excluding hydrogens is 264 g/mol. The summed E-state index contributed by atoms with van der Waals surface area (Å²) in [6, 6.07) is 5.83. The predicted molar refractivity (Wildman–Crippen MR) is 69.9 cm³/mol. The van der Waals surface area contributed by atoms with Gasteiger partial charge in [0.15, 0.2) is 0 Å². The molecule has 20 heavy (non-hydrogen) atoms. The molecule has 0 amide bonds. The predicted octanol–water partition coefficient (Wildman–Crippen LogP) is -0.240. The zero-order valence-corrected chi connectivity index (χ0v) is 10.9. The second-order valence-electron chi connectivity index (χ2n) is 4.10. The number of carboxylic acids is 1. The van der Waals surface area contributed by atoms with Crippen molar-refractivity contribution in [1.82, 2.24) is 5.32 Å². The van der Waals surface area contributed by atoms with Crippen LogP contribution in [0.3, 0.4) is 0 Å². The second-order valence-corrected chi connectivity index (χ2v) is 4.10. The van der Waals surface area contributed by atoms with Gasteiger partial charge in [-0.1, -0.05) is 18.2 Å². The molecule has 0 aliphatic rings. The summed E-state index contributed by atoms with van der Waals surface area (Å²) >= 11 is 0. The van der Waals surface area contributed by atoms with E-state index < -0.39 is 30.0 Å². The molecule has 0 fully saturated rings. The maximum atomic E-state index is 11.8. The van der Waals surface area contributed by atoms with E-state index in [0.29, 0.717) is 0 Å². The number of benzene rings is 1. The first-order chi connectivity index (χ1) is 9.45. The lowest BCUT2D eigenvalue weighted by atomic mass is 10.1. The van der Waals surface area contributed by atoms with E-state index in [1.807, 2.05) is 0 Å². The smallest absolute Gasteiger partial charge is 0.345 e. The number of ether oxygens (including phenoxy) is 1. The average molecular weight is 280 g/mol. The van der Waals surface area contributed by atoms with Crippen LogP contribution in [0.5, 0.6) is 0 Å². The fourth-order valence-corrected chi connectivity index (χ4v) is 1.48. The number of hydrogen-bond acceptors (Lipinski definition) is 6. The van der Waals surface area contributed by atoms with Crippen molar-refractivity contribution in [2.45, 2.75) is 18.5 Å². The van der Waals surface area contributed by atoms with E-state index in [1.165, 1.54) is 19.2 Å². The molecule has 0 bridgehead atoms. The van der Waals surface area contributed by atoms with Crippen molar-refractivity contribution in [3.63, 3.8) is 0 Å². The van der Waals surface area contributed by atoms with Crippen LogP contribution in [0.25, 0.3) is 0 Å². The highest BCUT2D eigenvalue weighted by atomic mass is 16.6. The Labute approximate surface area is 115 Å².